The largest absolute Gasteiger partial charge is 0.393 e. The van der Waals surface area contributed by atoms with E-state index in [1.807, 2.05) is 6.20 Å². The second-order valence-corrected chi connectivity index (χ2v) is 13.7. The molecule has 1 heterocycles. The van der Waals surface area contributed by atoms with E-state index in [4.69, 9.17) is 4.98 Å². The molecule has 4 fully saturated rings. The summed E-state index contributed by atoms with van der Waals surface area (Å²) in [4.78, 5) is 8.29. The van der Waals surface area contributed by atoms with Gasteiger partial charge >= 0.3 is 0 Å². The third-order valence-corrected chi connectivity index (χ3v) is 11.0. The molecule has 4 aliphatic carbocycles. The summed E-state index contributed by atoms with van der Waals surface area (Å²) >= 11 is 0. The van der Waals surface area contributed by atoms with Gasteiger partial charge in [-0.2, -0.15) is 0 Å². The molecule has 4 aliphatic rings. The molecule has 0 aromatic carbocycles. The first kappa shape index (κ1) is 29.5. The van der Waals surface area contributed by atoms with Crippen molar-refractivity contribution in [2.45, 2.75) is 128 Å². The van der Waals surface area contributed by atoms with Gasteiger partial charge in [0.1, 0.15) is 5.82 Å². The van der Waals surface area contributed by atoms with Crippen molar-refractivity contribution in [3.63, 3.8) is 0 Å². The van der Waals surface area contributed by atoms with Gasteiger partial charge in [0.25, 0.3) is 0 Å². The van der Waals surface area contributed by atoms with E-state index in [9.17, 15) is 15.3 Å². The Bertz CT molecular complexity index is 1140. The maximum Gasteiger partial charge on any atom is 0.115 e. The molecule has 1 aromatic heterocycles. The predicted octanol–water partition coefficient (Wildman–Crippen LogP) is 6.87. The van der Waals surface area contributed by atoms with Crippen LogP contribution in [-0.4, -0.2) is 43.6 Å². The molecule has 4 saturated carbocycles. The summed E-state index contributed by atoms with van der Waals surface area (Å²) in [5, 5.41) is 31.7. The van der Waals surface area contributed by atoms with Crippen molar-refractivity contribution < 1.29 is 15.3 Å². The lowest BCUT2D eigenvalue weighted by Crippen LogP contribution is -2.35. The van der Waals surface area contributed by atoms with Crippen LogP contribution in [0.4, 0.5) is 0 Å². The minimum Gasteiger partial charge on any atom is -0.393 e. The van der Waals surface area contributed by atoms with Crippen molar-refractivity contribution in [1.29, 1.82) is 0 Å². The lowest BCUT2D eigenvalue weighted by molar-refractivity contribution is 0.0862. The van der Waals surface area contributed by atoms with E-state index < -0.39 is 18.3 Å². The Balaban J connectivity index is 1.24. The van der Waals surface area contributed by atoms with Crippen molar-refractivity contribution in [2.24, 2.45) is 23.2 Å². The van der Waals surface area contributed by atoms with Gasteiger partial charge in [0, 0.05) is 12.6 Å². The van der Waals surface area contributed by atoms with Gasteiger partial charge in [-0.05, 0) is 98.5 Å². The molecule has 0 unspecified atom stereocenters. The number of hydrogen-bond donors (Lipinski definition) is 4. The summed E-state index contributed by atoms with van der Waals surface area (Å²) < 4.78 is 0. The van der Waals surface area contributed by atoms with Gasteiger partial charge in [-0.15, -0.1) is 0 Å². The first-order valence-corrected chi connectivity index (χ1v) is 16.0. The molecule has 220 valence electrons. The molecule has 0 bridgehead atoms. The number of imidazole rings is 1. The van der Waals surface area contributed by atoms with Crippen LogP contribution in [0, 0.1) is 23.2 Å². The number of aliphatic hydroxyl groups is 3. The number of hydrogen-bond acceptors (Lipinski definition) is 4. The van der Waals surface area contributed by atoms with Crippen molar-refractivity contribution in [1.82, 2.24) is 9.97 Å². The Hall–Kier alpha value is -1.95. The highest BCUT2D eigenvalue weighted by Gasteiger charge is 2.53. The van der Waals surface area contributed by atoms with E-state index in [1.54, 1.807) is 0 Å². The number of aryl methyl sites for hydroxylation is 1. The molecule has 0 saturated heterocycles. The summed E-state index contributed by atoms with van der Waals surface area (Å²) in [5.74, 6) is 2.53. The van der Waals surface area contributed by atoms with E-state index in [0.717, 1.165) is 48.3 Å². The van der Waals surface area contributed by atoms with Crippen LogP contribution in [-0.2, 0) is 11.8 Å². The quantitative estimate of drug-likeness (QED) is 0.190. The monoisotopic (exact) mass is 548 g/mol. The zero-order valence-corrected chi connectivity index (χ0v) is 25.0. The van der Waals surface area contributed by atoms with Gasteiger partial charge in [-0.25, -0.2) is 4.98 Å². The van der Waals surface area contributed by atoms with E-state index in [1.165, 1.54) is 50.5 Å². The summed E-state index contributed by atoms with van der Waals surface area (Å²) in [5.41, 5.74) is 4.42. The van der Waals surface area contributed by atoms with Crippen molar-refractivity contribution in [2.75, 3.05) is 0 Å². The molecule has 7 atom stereocenters. The van der Waals surface area contributed by atoms with E-state index in [2.05, 4.69) is 56.6 Å². The predicted molar refractivity (Wildman–Crippen MR) is 162 cm³/mol. The standard InChI is InChI=1S/C35H52N2O3/c1-5-6-7-10-27-22-36-33(37-27)35(18-19-35)32(40)16-11-23(2)29-14-15-30-25(9-8-17-34(29,30)4)12-13-26-20-28(38)21-31(39)24(26)3/h11-13,16,22-23,28-32,38-40H,3,5-10,14-15,17-21H2,1-2,4H3,(H,36,37)/b16-11+,25-12+,26-13-/t23-,28-,29-,30+,31+,32-,34-/m1/s1. The minimum atomic E-state index is -0.640. The van der Waals surface area contributed by atoms with Crippen LogP contribution in [0.3, 0.4) is 0 Å². The van der Waals surface area contributed by atoms with Crippen LogP contribution in [0.1, 0.15) is 109 Å². The lowest BCUT2D eigenvalue weighted by atomic mass is 9.61. The number of aromatic amines is 1. The lowest BCUT2D eigenvalue weighted by Gasteiger charge is -2.44. The Kier molecular flexibility index (Phi) is 8.94. The third-order valence-electron chi connectivity index (χ3n) is 11.0. The zero-order valence-electron chi connectivity index (χ0n) is 25.0. The summed E-state index contributed by atoms with van der Waals surface area (Å²) in [6.07, 6.45) is 22.8. The SMILES string of the molecule is C=C1/C(=C\C=C2/CCC[C@]3(C)[C@@H]([C@H](C)/C=C/[C@@H](O)C4(c5nc(CCCCC)c[nH]5)CC4)CC[C@@H]23)C[C@@H](O)C[C@@H]1O. The highest BCUT2D eigenvalue weighted by atomic mass is 16.3. The summed E-state index contributed by atoms with van der Waals surface area (Å²) in [6.45, 7) is 11.1. The highest BCUT2D eigenvalue weighted by Crippen LogP contribution is 2.59. The Morgan fingerprint density at radius 3 is 2.70 bits per heavy atom. The van der Waals surface area contributed by atoms with Crippen LogP contribution < -0.4 is 0 Å². The number of aliphatic hydroxyl groups excluding tert-OH is 3. The van der Waals surface area contributed by atoms with Gasteiger partial charge in [0.15, 0.2) is 0 Å². The molecule has 0 spiro atoms. The molecule has 0 radical (unpaired) electrons. The second-order valence-electron chi connectivity index (χ2n) is 13.7. The van der Waals surface area contributed by atoms with Crippen LogP contribution in [0.2, 0.25) is 0 Å². The number of allylic oxidation sites excluding steroid dienone is 4. The first-order chi connectivity index (χ1) is 19.2. The number of nitrogens with one attached hydrogen (secondary N) is 1. The van der Waals surface area contributed by atoms with Crippen molar-refractivity contribution in [3.05, 3.63) is 65.3 Å². The maximum absolute atomic E-state index is 11.3. The Morgan fingerprint density at radius 1 is 1.15 bits per heavy atom. The topological polar surface area (TPSA) is 89.4 Å². The fraction of sp³-hybridized carbons (Fsp3) is 0.686. The molecule has 40 heavy (non-hydrogen) atoms. The van der Waals surface area contributed by atoms with Gasteiger partial charge in [-0.3, -0.25) is 0 Å². The Morgan fingerprint density at radius 2 is 1.95 bits per heavy atom. The number of nitrogens with zero attached hydrogens (tertiary/aromatic N) is 1. The molecular formula is C35H52N2O3. The smallest absolute Gasteiger partial charge is 0.115 e. The molecular weight excluding hydrogens is 496 g/mol. The number of rotatable bonds is 10. The molecule has 5 heteroatoms. The minimum absolute atomic E-state index is 0.236. The van der Waals surface area contributed by atoms with Crippen molar-refractivity contribution in [3.8, 4) is 0 Å². The normalized spacial score (nSPS) is 35.4. The Labute approximate surface area is 241 Å². The zero-order chi connectivity index (χ0) is 28.5. The molecule has 5 rings (SSSR count). The molecule has 0 aliphatic heterocycles. The number of fused-ring (bicyclic) bond motifs is 1. The van der Waals surface area contributed by atoms with Crippen LogP contribution in [0.25, 0.3) is 0 Å². The van der Waals surface area contributed by atoms with Gasteiger partial charge < -0.3 is 20.3 Å². The van der Waals surface area contributed by atoms with Crippen molar-refractivity contribution >= 4 is 0 Å². The van der Waals surface area contributed by atoms with Crippen LogP contribution in [0.5, 0.6) is 0 Å². The number of unbranched alkanes of at least 4 members (excludes halogenated alkanes) is 2. The second kappa shape index (κ2) is 12.1. The van der Waals surface area contributed by atoms with Crippen LogP contribution >= 0.6 is 0 Å². The maximum atomic E-state index is 11.3. The van der Waals surface area contributed by atoms with E-state index in [-0.39, 0.29) is 10.8 Å². The first-order valence-electron chi connectivity index (χ1n) is 16.0. The fourth-order valence-corrected chi connectivity index (χ4v) is 8.31. The van der Waals surface area contributed by atoms with Gasteiger partial charge in [-0.1, -0.05) is 70.1 Å². The average molecular weight is 549 g/mol. The van der Waals surface area contributed by atoms with E-state index in [0.29, 0.717) is 30.6 Å². The van der Waals surface area contributed by atoms with Gasteiger partial charge in [0.05, 0.1) is 29.4 Å². The third kappa shape index (κ3) is 5.84. The summed E-state index contributed by atoms with van der Waals surface area (Å²) in [7, 11) is 0. The number of aromatic nitrogens is 2. The molecule has 5 nitrogen and oxygen atoms in total. The summed E-state index contributed by atoms with van der Waals surface area (Å²) in [6, 6.07) is 0. The molecule has 4 N–H and O–H groups in total. The van der Waals surface area contributed by atoms with E-state index >= 15 is 0 Å². The molecule has 1 aromatic rings. The number of H-pyrrole nitrogens is 1. The van der Waals surface area contributed by atoms with Crippen LogP contribution in [0.15, 0.2) is 53.8 Å². The fourth-order valence-electron chi connectivity index (χ4n) is 8.31. The molecule has 0 amide bonds. The van der Waals surface area contributed by atoms with Gasteiger partial charge in [0.2, 0.25) is 0 Å². The average Bonchev–Trinajstić information content (AvgIpc) is 3.46. The highest BCUT2D eigenvalue weighted by molar-refractivity contribution is 5.39.